The van der Waals surface area contributed by atoms with Crippen molar-refractivity contribution < 1.29 is 14.7 Å². The number of H-pyrrole nitrogens is 1. The van der Waals surface area contributed by atoms with Gasteiger partial charge in [-0.1, -0.05) is 6.92 Å². The molecule has 1 saturated carbocycles. The average Bonchev–Trinajstić information content (AvgIpc) is 2.78. The van der Waals surface area contributed by atoms with E-state index in [1.165, 1.54) is 6.92 Å². The van der Waals surface area contributed by atoms with Gasteiger partial charge in [0.2, 0.25) is 0 Å². The largest absolute Gasteiger partial charge is 0.393 e. The van der Waals surface area contributed by atoms with Gasteiger partial charge in [0, 0.05) is 17.3 Å². The van der Waals surface area contributed by atoms with Crippen molar-refractivity contribution in [2.75, 3.05) is 0 Å². The predicted octanol–water partition coefficient (Wildman–Crippen LogP) is 2.12. The third kappa shape index (κ3) is 3.35. The first-order chi connectivity index (χ1) is 9.93. The number of rotatable bonds is 4. The molecule has 1 amide bonds. The standard InChI is InChI=1S/C16H24N2O3/c1-4-13-14(10(3)19)9(2)17-15(13)16(21)18-11-5-7-12(20)8-6-11/h11-12,17,20H,4-8H2,1-3H3,(H,18,21). The summed E-state index contributed by atoms with van der Waals surface area (Å²) in [5.74, 6) is -0.163. The van der Waals surface area contributed by atoms with E-state index < -0.39 is 0 Å². The number of amides is 1. The Kier molecular flexibility index (Phi) is 4.83. The SMILES string of the molecule is CCc1c(C(=O)NC2CCC(O)CC2)[nH]c(C)c1C(C)=O. The zero-order valence-electron chi connectivity index (χ0n) is 13.0. The van der Waals surface area contributed by atoms with E-state index in [0.717, 1.165) is 36.9 Å². The van der Waals surface area contributed by atoms with Crippen molar-refractivity contribution in [2.45, 2.75) is 65.0 Å². The Balaban J connectivity index is 2.16. The van der Waals surface area contributed by atoms with Crippen LogP contribution in [0.5, 0.6) is 0 Å². The Labute approximate surface area is 125 Å². The van der Waals surface area contributed by atoms with Crippen LogP contribution < -0.4 is 5.32 Å². The maximum absolute atomic E-state index is 12.4. The highest BCUT2D eigenvalue weighted by molar-refractivity contribution is 6.02. The fourth-order valence-corrected chi connectivity index (χ4v) is 3.18. The summed E-state index contributed by atoms with van der Waals surface area (Å²) in [6.07, 6.45) is 3.47. The van der Waals surface area contributed by atoms with Gasteiger partial charge < -0.3 is 15.4 Å². The molecule has 0 saturated heterocycles. The van der Waals surface area contributed by atoms with E-state index in [-0.39, 0.29) is 23.8 Å². The molecule has 1 heterocycles. The Hall–Kier alpha value is -1.62. The highest BCUT2D eigenvalue weighted by Gasteiger charge is 2.25. The van der Waals surface area contributed by atoms with E-state index in [1.807, 2.05) is 13.8 Å². The first-order valence-electron chi connectivity index (χ1n) is 7.65. The van der Waals surface area contributed by atoms with Gasteiger partial charge in [-0.3, -0.25) is 9.59 Å². The fraction of sp³-hybridized carbons (Fsp3) is 0.625. The molecule has 5 heteroatoms. The summed E-state index contributed by atoms with van der Waals surface area (Å²) in [7, 11) is 0. The summed E-state index contributed by atoms with van der Waals surface area (Å²) >= 11 is 0. The van der Waals surface area contributed by atoms with Gasteiger partial charge in [0.1, 0.15) is 5.69 Å². The molecule has 116 valence electrons. The van der Waals surface area contributed by atoms with Crippen molar-refractivity contribution in [1.29, 1.82) is 0 Å². The van der Waals surface area contributed by atoms with Crippen LogP contribution in [0.3, 0.4) is 0 Å². The van der Waals surface area contributed by atoms with Crippen molar-refractivity contribution in [2.24, 2.45) is 0 Å². The second-order valence-corrected chi connectivity index (χ2v) is 5.87. The number of aromatic amines is 1. The van der Waals surface area contributed by atoms with E-state index in [9.17, 15) is 14.7 Å². The Bertz CT molecular complexity index is 540. The molecule has 21 heavy (non-hydrogen) atoms. The lowest BCUT2D eigenvalue weighted by Gasteiger charge is -2.26. The normalized spacial score (nSPS) is 22.1. The van der Waals surface area contributed by atoms with Crippen molar-refractivity contribution in [3.63, 3.8) is 0 Å². The number of carbonyl (C=O) groups excluding carboxylic acids is 2. The maximum atomic E-state index is 12.4. The molecular weight excluding hydrogens is 268 g/mol. The first-order valence-corrected chi connectivity index (χ1v) is 7.65. The minimum atomic E-state index is -0.235. The number of aryl methyl sites for hydroxylation is 1. The van der Waals surface area contributed by atoms with E-state index in [0.29, 0.717) is 17.7 Å². The first kappa shape index (κ1) is 15.8. The van der Waals surface area contributed by atoms with Crippen LogP contribution in [0, 0.1) is 6.92 Å². The molecule has 1 aliphatic carbocycles. The summed E-state index contributed by atoms with van der Waals surface area (Å²) in [4.78, 5) is 27.2. The number of carbonyl (C=O) groups is 2. The van der Waals surface area contributed by atoms with E-state index in [1.54, 1.807) is 0 Å². The van der Waals surface area contributed by atoms with Crippen LogP contribution in [0.25, 0.3) is 0 Å². The molecule has 0 aliphatic heterocycles. The fourth-order valence-electron chi connectivity index (χ4n) is 3.18. The molecule has 3 N–H and O–H groups in total. The summed E-state index contributed by atoms with van der Waals surface area (Å²) in [6.45, 7) is 5.30. The number of hydrogen-bond acceptors (Lipinski definition) is 3. The summed E-state index contributed by atoms with van der Waals surface area (Å²) in [6, 6.07) is 0.106. The van der Waals surface area contributed by atoms with Crippen molar-refractivity contribution >= 4 is 11.7 Å². The number of nitrogens with one attached hydrogen (secondary N) is 2. The minimum absolute atomic E-state index is 0.0135. The smallest absolute Gasteiger partial charge is 0.268 e. The zero-order chi connectivity index (χ0) is 15.6. The Morgan fingerprint density at radius 3 is 2.43 bits per heavy atom. The molecule has 0 bridgehead atoms. The van der Waals surface area contributed by atoms with Crippen LogP contribution in [-0.4, -0.2) is 33.9 Å². The molecule has 0 spiro atoms. The van der Waals surface area contributed by atoms with Gasteiger partial charge in [-0.2, -0.15) is 0 Å². The number of Topliss-reactive ketones (excluding diaryl/α,β-unsaturated/α-hetero) is 1. The monoisotopic (exact) mass is 292 g/mol. The third-order valence-electron chi connectivity index (χ3n) is 4.26. The lowest BCUT2D eigenvalue weighted by molar-refractivity contribution is 0.0863. The topological polar surface area (TPSA) is 82.2 Å². The third-order valence-corrected chi connectivity index (χ3v) is 4.26. The number of aromatic nitrogens is 1. The number of ketones is 1. The maximum Gasteiger partial charge on any atom is 0.268 e. The molecule has 1 aromatic rings. The van der Waals surface area contributed by atoms with Gasteiger partial charge in [0.15, 0.2) is 5.78 Å². The summed E-state index contributed by atoms with van der Waals surface area (Å²) < 4.78 is 0. The van der Waals surface area contributed by atoms with Crippen molar-refractivity contribution in [3.8, 4) is 0 Å². The van der Waals surface area contributed by atoms with Crippen LogP contribution >= 0.6 is 0 Å². The molecule has 1 fully saturated rings. The predicted molar refractivity (Wildman–Crippen MR) is 80.6 cm³/mol. The lowest BCUT2D eigenvalue weighted by Crippen LogP contribution is -2.39. The molecule has 1 aromatic heterocycles. The molecule has 2 rings (SSSR count). The van der Waals surface area contributed by atoms with Crippen LogP contribution in [0.1, 0.15) is 71.6 Å². The highest BCUT2D eigenvalue weighted by Crippen LogP contribution is 2.22. The quantitative estimate of drug-likeness (QED) is 0.743. The molecule has 0 atom stereocenters. The highest BCUT2D eigenvalue weighted by atomic mass is 16.3. The Morgan fingerprint density at radius 1 is 1.29 bits per heavy atom. The summed E-state index contributed by atoms with van der Waals surface area (Å²) in [5, 5.41) is 12.5. The zero-order valence-corrected chi connectivity index (χ0v) is 13.0. The van der Waals surface area contributed by atoms with Crippen LogP contribution in [0.4, 0.5) is 0 Å². The molecule has 0 radical (unpaired) electrons. The van der Waals surface area contributed by atoms with Crippen molar-refractivity contribution in [3.05, 3.63) is 22.5 Å². The molecular formula is C16H24N2O3. The second-order valence-electron chi connectivity index (χ2n) is 5.87. The summed E-state index contributed by atoms with van der Waals surface area (Å²) in [5.41, 5.74) is 2.70. The van der Waals surface area contributed by atoms with Gasteiger partial charge in [0.25, 0.3) is 5.91 Å². The van der Waals surface area contributed by atoms with Gasteiger partial charge in [0.05, 0.1) is 6.10 Å². The Morgan fingerprint density at radius 2 is 1.90 bits per heavy atom. The minimum Gasteiger partial charge on any atom is -0.393 e. The molecule has 1 aliphatic rings. The molecule has 0 aromatic carbocycles. The van der Waals surface area contributed by atoms with E-state index in [4.69, 9.17) is 0 Å². The number of aliphatic hydroxyl groups is 1. The van der Waals surface area contributed by atoms with E-state index in [2.05, 4.69) is 10.3 Å². The molecule has 5 nitrogen and oxygen atoms in total. The van der Waals surface area contributed by atoms with Crippen LogP contribution in [0.2, 0.25) is 0 Å². The van der Waals surface area contributed by atoms with Crippen LogP contribution in [-0.2, 0) is 6.42 Å². The van der Waals surface area contributed by atoms with Crippen LogP contribution in [0.15, 0.2) is 0 Å². The number of hydrogen-bond donors (Lipinski definition) is 3. The van der Waals surface area contributed by atoms with Crippen molar-refractivity contribution in [1.82, 2.24) is 10.3 Å². The number of aliphatic hydroxyl groups excluding tert-OH is 1. The second kappa shape index (κ2) is 6.43. The molecule has 0 unspecified atom stereocenters. The lowest BCUT2D eigenvalue weighted by atomic mass is 9.93. The van der Waals surface area contributed by atoms with Gasteiger partial charge in [-0.15, -0.1) is 0 Å². The van der Waals surface area contributed by atoms with E-state index >= 15 is 0 Å². The van der Waals surface area contributed by atoms with Gasteiger partial charge >= 0.3 is 0 Å². The average molecular weight is 292 g/mol. The van der Waals surface area contributed by atoms with Gasteiger partial charge in [-0.05, 0) is 51.5 Å². The van der Waals surface area contributed by atoms with Gasteiger partial charge in [-0.25, -0.2) is 0 Å².